The van der Waals surface area contributed by atoms with Crippen molar-refractivity contribution >= 4 is 5.97 Å². The third-order valence-corrected chi connectivity index (χ3v) is 2.75. The van der Waals surface area contributed by atoms with Crippen LogP contribution in [0.25, 0.3) is 11.1 Å². The zero-order valence-electron chi connectivity index (χ0n) is 9.58. The van der Waals surface area contributed by atoms with Crippen LogP contribution in [-0.4, -0.2) is 11.1 Å². The Morgan fingerprint density at radius 2 is 1.67 bits per heavy atom. The van der Waals surface area contributed by atoms with Gasteiger partial charge < -0.3 is 5.11 Å². The molecule has 0 unspecified atom stereocenters. The van der Waals surface area contributed by atoms with Crippen LogP contribution in [0.4, 0.5) is 8.78 Å². The van der Waals surface area contributed by atoms with E-state index in [9.17, 15) is 13.6 Å². The van der Waals surface area contributed by atoms with E-state index < -0.39 is 23.2 Å². The summed E-state index contributed by atoms with van der Waals surface area (Å²) < 4.78 is 27.4. The molecule has 0 radical (unpaired) electrons. The van der Waals surface area contributed by atoms with E-state index >= 15 is 0 Å². The maximum Gasteiger partial charge on any atom is 0.338 e. The summed E-state index contributed by atoms with van der Waals surface area (Å²) in [5.41, 5.74) is 0.741. The molecule has 0 aliphatic heterocycles. The first kappa shape index (κ1) is 12.2. The Bertz CT molecular complexity index is 621. The molecule has 4 heteroatoms. The summed E-state index contributed by atoms with van der Waals surface area (Å²) in [7, 11) is 0. The average molecular weight is 248 g/mol. The van der Waals surface area contributed by atoms with Gasteiger partial charge in [0.05, 0.1) is 5.56 Å². The lowest BCUT2D eigenvalue weighted by Crippen LogP contribution is -2.04. The summed E-state index contributed by atoms with van der Waals surface area (Å²) in [6, 6.07) is 9.29. The van der Waals surface area contributed by atoms with Crippen molar-refractivity contribution in [3.8, 4) is 11.1 Å². The Morgan fingerprint density at radius 3 is 2.28 bits per heavy atom. The predicted molar refractivity (Wildman–Crippen MR) is 63.5 cm³/mol. The van der Waals surface area contributed by atoms with Crippen LogP contribution in [0.2, 0.25) is 0 Å². The van der Waals surface area contributed by atoms with Crippen molar-refractivity contribution in [3.63, 3.8) is 0 Å². The molecule has 0 spiro atoms. The third kappa shape index (κ3) is 1.97. The van der Waals surface area contributed by atoms with Gasteiger partial charge in [-0.2, -0.15) is 0 Å². The van der Waals surface area contributed by atoms with Crippen molar-refractivity contribution in [3.05, 3.63) is 59.2 Å². The SMILES string of the molecule is Cc1ccccc1-c1ccc(C(=O)O)c(F)c1F. The molecule has 0 saturated heterocycles. The number of carboxylic acid groups (broad SMARTS) is 1. The van der Waals surface area contributed by atoms with Crippen LogP contribution < -0.4 is 0 Å². The standard InChI is InChI=1S/C14H10F2O2/c1-8-4-2-3-5-9(8)10-6-7-11(14(17)18)13(16)12(10)15/h2-7H,1H3,(H,17,18). The van der Waals surface area contributed by atoms with Gasteiger partial charge in [0.15, 0.2) is 11.6 Å². The number of rotatable bonds is 2. The molecule has 1 N–H and O–H groups in total. The molecule has 2 nitrogen and oxygen atoms in total. The van der Waals surface area contributed by atoms with E-state index in [-0.39, 0.29) is 5.56 Å². The van der Waals surface area contributed by atoms with Crippen LogP contribution in [0, 0.1) is 18.6 Å². The van der Waals surface area contributed by atoms with Crippen LogP contribution in [0.3, 0.4) is 0 Å². The lowest BCUT2D eigenvalue weighted by atomic mass is 9.98. The number of hydrogen-bond donors (Lipinski definition) is 1. The molecule has 0 bridgehead atoms. The molecule has 2 aromatic carbocycles. The van der Waals surface area contributed by atoms with Gasteiger partial charge in [0.2, 0.25) is 0 Å². The van der Waals surface area contributed by atoms with E-state index in [0.29, 0.717) is 5.56 Å². The Morgan fingerprint density at radius 1 is 1.00 bits per heavy atom. The zero-order valence-corrected chi connectivity index (χ0v) is 9.58. The number of hydrogen-bond acceptors (Lipinski definition) is 1. The Balaban J connectivity index is 2.65. The fourth-order valence-electron chi connectivity index (χ4n) is 1.80. The minimum atomic E-state index is -1.48. The average Bonchev–Trinajstić information content (AvgIpc) is 2.33. The van der Waals surface area contributed by atoms with E-state index in [1.54, 1.807) is 31.2 Å². The first-order chi connectivity index (χ1) is 8.52. The quantitative estimate of drug-likeness (QED) is 0.880. The normalized spacial score (nSPS) is 10.4. The van der Waals surface area contributed by atoms with E-state index in [4.69, 9.17) is 5.11 Å². The molecule has 2 aromatic rings. The minimum absolute atomic E-state index is 0.0654. The zero-order chi connectivity index (χ0) is 13.3. The summed E-state index contributed by atoms with van der Waals surface area (Å²) in [6.45, 7) is 1.78. The number of carboxylic acids is 1. The van der Waals surface area contributed by atoms with Crippen molar-refractivity contribution in [2.45, 2.75) is 6.92 Å². The van der Waals surface area contributed by atoms with Crippen LogP contribution in [0.15, 0.2) is 36.4 Å². The molecule has 0 aliphatic rings. The summed E-state index contributed by atoms with van der Waals surface area (Å²) in [6.07, 6.45) is 0. The van der Waals surface area contributed by atoms with Gasteiger partial charge >= 0.3 is 5.97 Å². The van der Waals surface area contributed by atoms with Crippen molar-refractivity contribution in [1.82, 2.24) is 0 Å². The minimum Gasteiger partial charge on any atom is -0.478 e. The highest BCUT2D eigenvalue weighted by atomic mass is 19.2. The van der Waals surface area contributed by atoms with Crippen molar-refractivity contribution in [2.75, 3.05) is 0 Å². The summed E-state index contributed by atoms with van der Waals surface area (Å²) >= 11 is 0. The summed E-state index contributed by atoms with van der Waals surface area (Å²) in [4.78, 5) is 10.7. The van der Waals surface area contributed by atoms with Gasteiger partial charge in [-0.15, -0.1) is 0 Å². The maximum atomic E-state index is 13.8. The van der Waals surface area contributed by atoms with Crippen LogP contribution in [-0.2, 0) is 0 Å². The van der Waals surface area contributed by atoms with Crippen molar-refractivity contribution in [1.29, 1.82) is 0 Å². The Hall–Kier alpha value is -2.23. The number of benzene rings is 2. The molecule has 0 fully saturated rings. The fraction of sp³-hybridized carbons (Fsp3) is 0.0714. The molecule has 0 aromatic heterocycles. The highest BCUT2D eigenvalue weighted by molar-refractivity contribution is 5.89. The van der Waals surface area contributed by atoms with E-state index in [2.05, 4.69) is 0 Å². The molecule has 0 heterocycles. The van der Waals surface area contributed by atoms with Crippen molar-refractivity contribution in [2.24, 2.45) is 0 Å². The van der Waals surface area contributed by atoms with E-state index in [1.807, 2.05) is 0 Å². The molecule has 0 saturated carbocycles. The number of carbonyl (C=O) groups is 1. The van der Waals surface area contributed by atoms with Gasteiger partial charge in [0, 0.05) is 5.56 Å². The van der Waals surface area contributed by atoms with Gasteiger partial charge in [-0.05, 0) is 24.1 Å². The van der Waals surface area contributed by atoms with Gasteiger partial charge in [-0.25, -0.2) is 13.6 Å². The second kappa shape index (κ2) is 4.56. The Labute approximate surface area is 103 Å². The lowest BCUT2D eigenvalue weighted by Gasteiger charge is -2.08. The van der Waals surface area contributed by atoms with Crippen LogP contribution in [0.1, 0.15) is 15.9 Å². The second-order valence-electron chi connectivity index (χ2n) is 3.91. The smallest absolute Gasteiger partial charge is 0.338 e. The molecular weight excluding hydrogens is 238 g/mol. The first-order valence-electron chi connectivity index (χ1n) is 5.29. The Kier molecular flexibility index (Phi) is 3.10. The van der Waals surface area contributed by atoms with Gasteiger partial charge in [0.1, 0.15) is 0 Å². The molecule has 0 amide bonds. The highest BCUT2D eigenvalue weighted by Gasteiger charge is 2.19. The third-order valence-electron chi connectivity index (χ3n) is 2.75. The van der Waals surface area contributed by atoms with Crippen LogP contribution >= 0.6 is 0 Å². The van der Waals surface area contributed by atoms with Gasteiger partial charge in [-0.3, -0.25) is 0 Å². The first-order valence-corrected chi connectivity index (χ1v) is 5.29. The van der Waals surface area contributed by atoms with Gasteiger partial charge in [-0.1, -0.05) is 30.3 Å². The predicted octanol–water partition coefficient (Wildman–Crippen LogP) is 3.64. The number of aryl methyl sites for hydroxylation is 1. The number of aromatic carboxylic acids is 1. The molecule has 18 heavy (non-hydrogen) atoms. The lowest BCUT2D eigenvalue weighted by molar-refractivity contribution is 0.0690. The largest absolute Gasteiger partial charge is 0.478 e. The second-order valence-corrected chi connectivity index (χ2v) is 3.91. The number of halogens is 2. The topological polar surface area (TPSA) is 37.3 Å². The molecule has 0 atom stereocenters. The maximum absolute atomic E-state index is 13.8. The van der Waals surface area contributed by atoms with Crippen LogP contribution in [0.5, 0.6) is 0 Å². The van der Waals surface area contributed by atoms with Crippen molar-refractivity contribution < 1.29 is 18.7 Å². The molecule has 0 aliphatic carbocycles. The van der Waals surface area contributed by atoms with E-state index in [1.165, 1.54) is 6.07 Å². The monoisotopic (exact) mass is 248 g/mol. The molecular formula is C14H10F2O2. The highest BCUT2D eigenvalue weighted by Crippen LogP contribution is 2.28. The summed E-state index contributed by atoms with van der Waals surface area (Å²) in [5, 5.41) is 8.70. The molecule has 2 rings (SSSR count). The fourth-order valence-corrected chi connectivity index (χ4v) is 1.80. The summed E-state index contributed by atoms with van der Waals surface area (Å²) in [5.74, 6) is -3.95. The molecule has 92 valence electrons. The van der Waals surface area contributed by atoms with E-state index in [0.717, 1.165) is 11.6 Å². The van der Waals surface area contributed by atoms with Gasteiger partial charge in [0.25, 0.3) is 0 Å².